The maximum absolute atomic E-state index is 12.7. The molecular formula is C20H27N3O3. The lowest BCUT2D eigenvalue weighted by Crippen LogP contribution is -2.38. The van der Waals surface area contributed by atoms with Crippen LogP contribution < -0.4 is 0 Å². The molecule has 2 amide bonds. The van der Waals surface area contributed by atoms with E-state index >= 15 is 0 Å². The molecule has 0 atom stereocenters. The van der Waals surface area contributed by atoms with Crippen LogP contribution in [0.4, 0.5) is 0 Å². The van der Waals surface area contributed by atoms with Crippen molar-refractivity contribution in [2.75, 3.05) is 26.2 Å². The zero-order chi connectivity index (χ0) is 18.7. The fraction of sp³-hybridized carbons (Fsp3) is 0.550. The fourth-order valence-corrected chi connectivity index (χ4v) is 3.38. The Morgan fingerprint density at radius 2 is 1.81 bits per heavy atom. The first-order valence-corrected chi connectivity index (χ1v) is 9.34. The van der Waals surface area contributed by atoms with Crippen molar-refractivity contribution in [2.24, 2.45) is 5.92 Å². The Hall–Kier alpha value is -2.37. The Kier molecular flexibility index (Phi) is 5.59. The van der Waals surface area contributed by atoms with E-state index in [-0.39, 0.29) is 11.8 Å². The Morgan fingerprint density at radius 3 is 2.50 bits per heavy atom. The molecule has 2 aromatic rings. The maximum atomic E-state index is 12.7. The molecule has 1 aromatic heterocycles. The number of carbonyl (C=O) groups is 2. The van der Waals surface area contributed by atoms with Gasteiger partial charge >= 0.3 is 0 Å². The van der Waals surface area contributed by atoms with E-state index in [4.69, 9.17) is 4.42 Å². The standard InChI is InChI=1S/C20H27N3O3/c1-14(2)11-19(24)22-7-4-8-23(10-9-22)20(25)13-16-5-6-17-18(12-16)26-15(3)21-17/h5-6,12,14H,4,7-11,13H2,1-3H3. The molecule has 2 heterocycles. The molecule has 0 unspecified atom stereocenters. The van der Waals surface area contributed by atoms with Gasteiger partial charge in [0.25, 0.3) is 0 Å². The summed E-state index contributed by atoms with van der Waals surface area (Å²) >= 11 is 0. The van der Waals surface area contributed by atoms with E-state index in [1.807, 2.05) is 34.9 Å². The SMILES string of the molecule is Cc1nc2ccc(CC(=O)N3CCCN(C(=O)CC(C)C)CC3)cc2o1. The molecular weight excluding hydrogens is 330 g/mol. The number of hydrogen-bond acceptors (Lipinski definition) is 4. The summed E-state index contributed by atoms with van der Waals surface area (Å²) in [6, 6.07) is 5.71. The van der Waals surface area contributed by atoms with Gasteiger partial charge in [-0.1, -0.05) is 19.9 Å². The van der Waals surface area contributed by atoms with E-state index in [2.05, 4.69) is 18.8 Å². The minimum Gasteiger partial charge on any atom is -0.441 e. The lowest BCUT2D eigenvalue weighted by atomic mass is 10.1. The number of rotatable bonds is 4. The Bertz CT molecular complexity index is 797. The summed E-state index contributed by atoms with van der Waals surface area (Å²) in [5, 5.41) is 0. The number of carbonyl (C=O) groups excluding carboxylic acids is 2. The molecule has 26 heavy (non-hydrogen) atoms. The predicted molar refractivity (Wildman–Crippen MR) is 99.7 cm³/mol. The van der Waals surface area contributed by atoms with Crippen molar-refractivity contribution in [3.8, 4) is 0 Å². The van der Waals surface area contributed by atoms with Gasteiger partial charge in [0.2, 0.25) is 11.8 Å². The minimum atomic E-state index is 0.0961. The smallest absolute Gasteiger partial charge is 0.227 e. The number of benzene rings is 1. The van der Waals surface area contributed by atoms with Gasteiger partial charge in [-0.25, -0.2) is 4.98 Å². The molecule has 0 bridgehead atoms. The summed E-state index contributed by atoms with van der Waals surface area (Å²) in [5.74, 6) is 1.28. The summed E-state index contributed by atoms with van der Waals surface area (Å²) in [4.78, 5) is 33.0. The first-order valence-electron chi connectivity index (χ1n) is 9.34. The Morgan fingerprint density at radius 1 is 1.12 bits per heavy atom. The van der Waals surface area contributed by atoms with Gasteiger partial charge in [0.1, 0.15) is 5.52 Å². The second-order valence-electron chi connectivity index (χ2n) is 7.42. The highest BCUT2D eigenvalue weighted by Crippen LogP contribution is 2.18. The summed E-state index contributed by atoms with van der Waals surface area (Å²) in [6.45, 7) is 8.59. The summed E-state index contributed by atoms with van der Waals surface area (Å²) < 4.78 is 5.55. The molecule has 1 aromatic carbocycles. The van der Waals surface area contributed by atoms with Crippen LogP contribution in [0.3, 0.4) is 0 Å². The van der Waals surface area contributed by atoms with Crippen LogP contribution in [0.5, 0.6) is 0 Å². The lowest BCUT2D eigenvalue weighted by Gasteiger charge is -2.23. The second-order valence-corrected chi connectivity index (χ2v) is 7.42. The van der Waals surface area contributed by atoms with Crippen molar-refractivity contribution in [3.63, 3.8) is 0 Å². The van der Waals surface area contributed by atoms with Gasteiger partial charge in [0, 0.05) is 39.5 Å². The molecule has 0 saturated carbocycles. The zero-order valence-electron chi connectivity index (χ0n) is 15.8. The van der Waals surface area contributed by atoms with Crippen LogP contribution in [-0.4, -0.2) is 52.8 Å². The topological polar surface area (TPSA) is 66.7 Å². The van der Waals surface area contributed by atoms with Crippen LogP contribution in [0.15, 0.2) is 22.6 Å². The van der Waals surface area contributed by atoms with Gasteiger partial charge in [0.05, 0.1) is 6.42 Å². The monoisotopic (exact) mass is 357 g/mol. The van der Waals surface area contributed by atoms with Crippen molar-refractivity contribution < 1.29 is 14.0 Å². The van der Waals surface area contributed by atoms with Crippen molar-refractivity contribution >= 4 is 22.9 Å². The van der Waals surface area contributed by atoms with Gasteiger partial charge in [-0.3, -0.25) is 9.59 Å². The number of nitrogens with zero attached hydrogens (tertiary/aromatic N) is 3. The number of aryl methyl sites for hydroxylation is 1. The molecule has 140 valence electrons. The van der Waals surface area contributed by atoms with Gasteiger partial charge < -0.3 is 14.2 Å². The third-order valence-electron chi connectivity index (χ3n) is 4.70. The Labute approximate surface area is 154 Å². The van der Waals surface area contributed by atoms with E-state index in [1.165, 1.54) is 0 Å². The highest BCUT2D eigenvalue weighted by atomic mass is 16.3. The van der Waals surface area contributed by atoms with Crippen LogP contribution in [0.2, 0.25) is 0 Å². The highest BCUT2D eigenvalue weighted by Gasteiger charge is 2.22. The summed E-state index contributed by atoms with van der Waals surface area (Å²) in [5.41, 5.74) is 2.46. The van der Waals surface area contributed by atoms with Gasteiger partial charge in [-0.15, -0.1) is 0 Å². The average Bonchev–Trinajstić information content (AvgIpc) is 2.79. The molecule has 3 rings (SSSR count). The number of hydrogen-bond donors (Lipinski definition) is 0. The quantitative estimate of drug-likeness (QED) is 0.844. The summed E-state index contributed by atoms with van der Waals surface area (Å²) in [7, 11) is 0. The molecule has 0 radical (unpaired) electrons. The van der Waals surface area contributed by atoms with Crippen LogP contribution >= 0.6 is 0 Å². The van der Waals surface area contributed by atoms with E-state index in [0.717, 1.165) is 24.0 Å². The normalized spacial score (nSPS) is 15.5. The number of aromatic nitrogens is 1. The molecule has 1 saturated heterocycles. The maximum Gasteiger partial charge on any atom is 0.227 e. The second kappa shape index (κ2) is 7.89. The molecule has 1 aliphatic heterocycles. The van der Waals surface area contributed by atoms with Crippen LogP contribution in [0, 0.1) is 12.8 Å². The van der Waals surface area contributed by atoms with E-state index in [0.29, 0.717) is 49.9 Å². The van der Waals surface area contributed by atoms with E-state index in [1.54, 1.807) is 0 Å². The first kappa shape index (κ1) is 18.4. The third kappa shape index (κ3) is 4.42. The Balaban J connectivity index is 1.59. The van der Waals surface area contributed by atoms with Gasteiger partial charge in [0.15, 0.2) is 11.5 Å². The molecule has 0 spiro atoms. The molecule has 6 nitrogen and oxygen atoms in total. The van der Waals surface area contributed by atoms with Crippen molar-refractivity contribution in [1.29, 1.82) is 0 Å². The molecule has 0 aliphatic carbocycles. The fourth-order valence-electron chi connectivity index (χ4n) is 3.38. The van der Waals surface area contributed by atoms with Crippen LogP contribution in [-0.2, 0) is 16.0 Å². The molecule has 1 aliphatic rings. The number of amides is 2. The third-order valence-corrected chi connectivity index (χ3v) is 4.70. The average molecular weight is 357 g/mol. The highest BCUT2D eigenvalue weighted by molar-refractivity contribution is 5.81. The minimum absolute atomic E-state index is 0.0961. The van der Waals surface area contributed by atoms with Crippen molar-refractivity contribution in [1.82, 2.24) is 14.8 Å². The number of oxazole rings is 1. The predicted octanol–water partition coefficient (Wildman–Crippen LogP) is 2.79. The largest absolute Gasteiger partial charge is 0.441 e. The van der Waals surface area contributed by atoms with Gasteiger partial charge in [-0.05, 0) is 30.0 Å². The van der Waals surface area contributed by atoms with Crippen molar-refractivity contribution in [3.05, 3.63) is 29.7 Å². The molecule has 0 N–H and O–H groups in total. The number of fused-ring (bicyclic) bond motifs is 1. The first-order chi connectivity index (χ1) is 12.4. The van der Waals surface area contributed by atoms with E-state index < -0.39 is 0 Å². The van der Waals surface area contributed by atoms with Crippen LogP contribution in [0.1, 0.15) is 38.1 Å². The molecule has 6 heteroatoms. The van der Waals surface area contributed by atoms with E-state index in [9.17, 15) is 9.59 Å². The van der Waals surface area contributed by atoms with Crippen LogP contribution in [0.25, 0.3) is 11.1 Å². The summed E-state index contributed by atoms with van der Waals surface area (Å²) in [6.07, 6.45) is 1.75. The van der Waals surface area contributed by atoms with Crippen molar-refractivity contribution in [2.45, 2.75) is 40.0 Å². The molecule has 1 fully saturated rings. The lowest BCUT2D eigenvalue weighted by molar-refractivity contribution is -0.133. The zero-order valence-corrected chi connectivity index (χ0v) is 15.8. The van der Waals surface area contributed by atoms with Gasteiger partial charge in [-0.2, -0.15) is 0 Å².